The molecule has 2 aliphatic rings. The van der Waals surface area contributed by atoms with Crippen molar-refractivity contribution in [1.29, 1.82) is 0 Å². The highest BCUT2D eigenvalue weighted by Crippen LogP contribution is 2.50. The van der Waals surface area contributed by atoms with E-state index in [-0.39, 0.29) is 23.2 Å². The van der Waals surface area contributed by atoms with Crippen LogP contribution in [0.5, 0.6) is 0 Å². The molecule has 4 aromatic rings. The molecule has 1 aromatic carbocycles. The molecule has 4 heterocycles. The van der Waals surface area contributed by atoms with Crippen molar-refractivity contribution in [3.63, 3.8) is 0 Å². The summed E-state index contributed by atoms with van der Waals surface area (Å²) in [6, 6.07) is 8.46. The molecule has 6 rings (SSSR count). The number of pyridine rings is 1. The van der Waals surface area contributed by atoms with Crippen molar-refractivity contribution in [2.24, 2.45) is 5.92 Å². The van der Waals surface area contributed by atoms with Gasteiger partial charge in [0.1, 0.15) is 17.5 Å². The Morgan fingerprint density at radius 1 is 1.12 bits per heavy atom. The molecule has 6 N–H and O–H groups in total. The Hall–Kier alpha value is -3.41. The monoisotopic (exact) mass is 468 g/mol. The van der Waals surface area contributed by atoms with Crippen LogP contribution in [0.1, 0.15) is 24.6 Å². The number of nitrogen functional groups attached to an aromatic ring is 2. The second-order valence-electron chi connectivity index (χ2n) is 9.11. The van der Waals surface area contributed by atoms with Crippen molar-refractivity contribution in [3.8, 4) is 0 Å². The molecule has 0 bridgehead atoms. The molecule has 0 spiro atoms. The molecule has 1 aliphatic carbocycles. The van der Waals surface area contributed by atoms with Crippen molar-refractivity contribution in [2.45, 2.75) is 43.3 Å². The number of benzene rings is 1. The van der Waals surface area contributed by atoms with Gasteiger partial charge in [0, 0.05) is 11.6 Å². The van der Waals surface area contributed by atoms with Gasteiger partial charge in [-0.3, -0.25) is 0 Å². The van der Waals surface area contributed by atoms with Crippen LogP contribution >= 0.6 is 0 Å². The van der Waals surface area contributed by atoms with Crippen LogP contribution in [0.15, 0.2) is 36.5 Å². The molecule has 0 unspecified atom stereocenters. The number of aromatic nitrogens is 4. The smallest absolute Gasteiger partial charge is 0.312 e. The highest BCUT2D eigenvalue weighted by atomic mass is 19.1. The zero-order valence-corrected chi connectivity index (χ0v) is 17.9. The normalized spacial score (nSPS) is 28.7. The number of ether oxygens (including phenoxy) is 1. The summed E-state index contributed by atoms with van der Waals surface area (Å²) in [4.78, 5) is 11.4. The number of aliphatic hydroxyl groups is 2. The molecular formula is C23H22F2N6O3. The van der Waals surface area contributed by atoms with Gasteiger partial charge in [-0.2, -0.15) is 14.4 Å². The van der Waals surface area contributed by atoms with Crippen molar-refractivity contribution >= 4 is 33.6 Å². The highest BCUT2D eigenvalue weighted by molar-refractivity contribution is 5.86. The number of anilines is 2. The minimum absolute atomic E-state index is 0.0176. The fourth-order valence-electron chi connectivity index (χ4n) is 5.43. The maximum Gasteiger partial charge on any atom is 0.312 e. The van der Waals surface area contributed by atoms with Gasteiger partial charge in [0.2, 0.25) is 0 Å². The van der Waals surface area contributed by atoms with Crippen molar-refractivity contribution in [1.82, 2.24) is 19.5 Å². The Labute approximate surface area is 192 Å². The number of nitrogens with two attached hydrogens (primary N) is 2. The minimum Gasteiger partial charge on any atom is -0.385 e. The number of halogens is 2. The number of hydrogen-bond donors (Lipinski definition) is 4. The van der Waals surface area contributed by atoms with Crippen LogP contribution in [-0.2, 0) is 11.2 Å². The average Bonchev–Trinajstić information content (AvgIpc) is 3.42. The number of nitrogens with zero attached hydrogens (tertiary/aromatic N) is 4. The van der Waals surface area contributed by atoms with Crippen molar-refractivity contribution < 1.29 is 23.7 Å². The Morgan fingerprint density at radius 3 is 2.76 bits per heavy atom. The van der Waals surface area contributed by atoms with Crippen LogP contribution in [0.3, 0.4) is 0 Å². The predicted octanol–water partition coefficient (Wildman–Crippen LogP) is 2.06. The van der Waals surface area contributed by atoms with Gasteiger partial charge in [-0.25, -0.2) is 9.37 Å². The zero-order valence-electron chi connectivity index (χ0n) is 17.9. The standard InChI is InChI=1S/C23H22F2N6O3/c24-14-9-11-2-1-10(8-15(11)28-19(14)27)7-12-3-5-23(33)16(32)21(34-17(12)23)31-6-4-13-18(26)29-22(25)30-20(13)31/h1-2,4,6,8-9,12,16-17,21,32-33H,3,5,7H2,(H2,27,28)(H2,26,29,30)/t12-,16-,17+,21+,23-/m0/s1. The van der Waals surface area contributed by atoms with Gasteiger partial charge in [-0.15, -0.1) is 0 Å². The third kappa shape index (κ3) is 3.04. The first-order chi connectivity index (χ1) is 16.2. The Bertz CT molecular complexity index is 1450. The number of fused-ring (bicyclic) bond motifs is 3. The van der Waals surface area contributed by atoms with Crippen LogP contribution in [-0.4, -0.2) is 47.5 Å². The second kappa shape index (κ2) is 7.29. The molecule has 3 aromatic heterocycles. The van der Waals surface area contributed by atoms with Crippen molar-refractivity contribution in [2.75, 3.05) is 11.5 Å². The van der Waals surface area contributed by atoms with Crippen LogP contribution in [0, 0.1) is 17.8 Å². The number of hydrogen-bond acceptors (Lipinski definition) is 8. The van der Waals surface area contributed by atoms with E-state index in [1.807, 2.05) is 12.1 Å². The van der Waals surface area contributed by atoms with E-state index in [1.54, 1.807) is 18.3 Å². The van der Waals surface area contributed by atoms with Gasteiger partial charge in [-0.1, -0.05) is 12.1 Å². The summed E-state index contributed by atoms with van der Waals surface area (Å²) >= 11 is 0. The van der Waals surface area contributed by atoms with Gasteiger partial charge < -0.3 is 31.0 Å². The molecule has 1 saturated heterocycles. The molecule has 0 amide bonds. The summed E-state index contributed by atoms with van der Waals surface area (Å²) in [6.07, 6.45) is -0.746. The third-order valence-electron chi connectivity index (χ3n) is 7.11. The van der Waals surface area contributed by atoms with Crippen LogP contribution in [0.25, 0.3) is 21.9 Å². The Kier molecular flexibility index (Phi) is 4.54. The average molecular weight is 468 g/mol. The lowest BCUT2D eigenvalue weighted by molar-refractivity contribution is -0.0675. The molecule has 5 atom stereocenters. The molecule has 176 valence electrons. The van der Waals surface area contributed by atoms with Crippen LogP contribution < -0.4 is 11.5 Å². The van der Waals surface area contributed by atoms with Gasteiger partial charge in [0.15, 0.2) is 23.5 Å². The van der Waals surface area contributed by atoms with Crippen molar-refractivity contribution in [3.05, 3.63) is 54.0 Å². The zero-order chi connectivity index (χ0) is 23.8. The van der Waals surface area contributed by atoms with E-state index in [2.05, 4.69) is 15.0 Å². The largest absolute Gasteiger partial charge is 0.385 e. The number of rotatable bonds is 3. The third-order valence-corrected chi connectivity index (χ3v) is 7.11. The number of aliphatic hydroxyl groups excluding tert-OH is 1. The van der Waals surface area contributed by atoms with E-state index in [1.165, 1.54) is 10.6 Å². The van der Waals surface area contributed by atoms with E-state index in [4.69, 9.17) is 16.2 Å². The Morgan fingerprint density at radius 2 is 1.94 bits per heavy atom. The summed E-state index contributed by atoms with van der Waals surface area (Å²) in [5.74, 6) is -0.844. The predicted molar refractivity (Wildman–Crippen MR) is 119 cm³/mol. The molecule has 1 aliphatic heterocycles. The van der Waals surface area contributed by atoms with Crippen LogP contribution in [0.2, 0.25) is 0 Å². The molecular weight excluding hydrogens is 446 g/mol. The minimum atomic E-state index is -1.47. The fraction of sp³-hybridized carbons (Fsp3) is 0.348. The first kappa shape index (κ1) is 21.1. The van der Waals surface area contributed by atoms with E-state index in [0.29, 0.717) is 35.6 Å². The van der Waals surface area contributed by atoms with E-state index in [0.717, 1.165) is 5.56 Å². The maximum absolute atomic E-state index is 13.8. The van der Waals surface area contributed by atoms with Gasteiger partial charge in [0.05, 0.1) is 17.0 Å². The lowest BCUT2D eigenvalue weighted by atomic mass is 9.90. The molecule has 1 saturated carbocycles. The summed E-state index contributed by atoms with van der Waals surface area (Å²) < 4.78 is 35.2. The first-order valence-corrected chi connectivity index (χ1v) is 10.9. The molecule has 2 fully saturated rings. The fourth-order valence-corrected chi connectivity index (χ4v) is 5.43. The Balaban J connectivity index is 1.30. The van der Waals surface area contributed by atoms with E-state index in [9.17, 15) is 19.0 Å². The lowest BCUT2D eigenvalue weighted by Gasteiger charge is -2.26. The topological polar surface area (TPSA) is 145 Å². The van der Waals surface area contributed by atoms with Crippen LogP contribution in [0.4, 0.5) is 20.4 Å². The van der Waals surface area contributed by atoms with E-state index >= 15 is 0 Å². The highest BCUT2D eigenvalue weighted by Gasteiger charge is 2.61. The quantitative estimate of drug-likeness (QED) is 0.334. The summed E-state index contributed by atoms with van der Waals surface area (Å²) in [5.41, 5.74) is 11.6. The van der Waals surface area contributed by atoms with Gasteiger partial charge in [0.25, 0.3) is 0 Å². The SMILES string of the molecule is Nc1nc2cc(C[C@@H]3CC[C@@]4(O)[C@@H]3O[C@@H](n3ccc5c(N)nc(F)nc53)[C@@H]4O)ccc2cc1F. The molecule has 9 nitrogen and oxygen atoms in total. The maximum atomic E-state index is 13.8. The van der Waals surface area contributed by atoms with E-state index < -0.39 is 35.9 Å². The van der Waals surface area contributed by atoms with Gasteiger partial charge >= 0.3 is 6.08 Å². The molecule has 0 radical (unpaired) electrons. The first-order valence-electron chi connectivity index (χ1n) is 10.9. The molecule has 11 heteroatoms. The van der Waals surface area contributed by atoms with Gasteiger partial charge in [-0.05, 0) is 48.9 Å². The molecule has 34 heavy (non-hydrogen) atoms. The summed E-state index contributed by atoms with van der Waals surface area (Å²) in [6.45, 7) is 0. The lowest BCUT2D eigenvalue weighted by Crippen LogP contribution is -2.45. The summed E-state index contributed by atoms with van der Waals surface area (Å²) in [7, 11) is 0. The summed E-state index contributed by atoms with van der Waals surface area (Å²) in [5, 5.41) is 23.5. The second-order valence-corrected chi connectivity index (χ2v) is 9.11.